The number of hydrogen-bond acceptors (Lipinski definition) is 4. The van der Waals surface area contributed by atoms with E-state index in [0.29, 0.717) is 18.2 Å². The van der Waals surface area contributed by atoms with Gasteiger partial charge in [0.2, 0.25) is 5.82 Å². The number of rotatable bonds is 5. The number of para-hydroxylation sites is 1. The minimum atomic E-state index is -0.767. The molecule has 1 aliphatic rings. The lowest BCUT2D eigenvalue weighted by Crippen LogP contribution is -2.36. The minimum absolute atomic E-state index is 0.385. The average Bonchev–Trinajstić information content (AvgIpc) is 2.45. The van der Waals surface area contributed by atoms with Gasteiger partial charge in [0.15, 0.2) is 0 Å². The molecule has 1 N–H and O–H groups in total. The Balaban J connectivity index is 2.22. The van der Waals surface area contributed by atoms with Crippen molar-refractivity contribution in [2.75, 3.05) is 31.1 Å². The fraction of sp³-hybridized carbons (Fsp3) is 0.571. The molecule has 0 aliphatic carbocycles. The van der Waals surface area contributed by atoms with Crippen LogP contribution in [0.15, 0.2) is 18.2 Å². The maximum Gasteiger partial charge on any atom is 0.327 e. The van der Waals surface area contributed by atoms with Gasteiger partial charge >= 0.3 is 5.69 Å². The molecular weight excluding hydrogens is 261 g/mol. The number of nitro groups is 1. The molecule has 1 heterocycles. The van der Waals surface area contributed by atoms with Gasteiger partial charge < -0.3 is 10.2 Å². The zero-order valence-corrected chi connectivity index (χ0v) is 11.6. The summed E-state index contributed by atoms with van der Waals surface area (Å²) < 4.78 is 13.7. The third-order valence-corrected chi connectivity index (χ3v) is 3.81. The van der Waals surface area contributed by atoms with Crippen molar-refractivity contribution < 1.29 is 9.31 Å². The number of anilines is 1. The Bertz CT molecular complexity index is 475. The molecule has 0 saturated carbocycles. The van der Waals surface area contributed by atoms with E-state index >= 15 is 0 Å². The van der Waals surface area contributed by atoms with Crippen LogP contribution < -0.4 is 10.2 Å². The number of benzene rings is 1. The lowest BCUT2D eigenvalue weighted by Gasteiger charge is -2.30. The maximum atomic E-state index is 13.7. The summed E-state index contributed by atoms with van der Waals surface area (Å²) in [5, 5.41) is 14.4. The molecule has 0 spiro atoms. The fourth-order valence-corrected chi connectivity index (χ4v) is 2.71. The summed E-state index contributed by atoms with van der Waals surface area (Å²) in [6.07, 6.45) is 2.11. The summed E-state index contributed by atoms with van der Waals surface area (Å²) >= 11 is 0. The van der Waals surface area contributed by atoms with E-state index in [9.17, 15) is 14.5 Å². The standard InChI is InChI=1S/C14H20FN3O2/c1-2-17(10-11-6-8-16-9-7-11)13-5-3-4-12(15)14(13)18(19)20/h3-5,11,16H,2,6-10H2,1H3. The van der Waals surface area contributed by atoms with E-state index in [1.54, 1.807) is 6.07 Å². The van der Waals surface area contributed by atoms with Crippen molar-refractivity contribution in [3.05, 3.63) is 34.1 Å². The number of halogens is 1. The molecule has 2 rings (SSSR count). The van der Waals surface area contributed by atoms with Crippen LogP contribution in [0.1, 0.15) is 19.8 Å². The first-order valence-electron chi connectivity index (χ1n) is 7.02. The number of hydrogen-bond donors (Lipinski definition) is 1. The van der Waals surface area contributed by atoms with E-state index < -0.39 is 16.4 Å². The molecule has 1 aliphatic heterocycles. The average molecular weight is 281 g/mol. The van der Waals surface area contributed by atoms with Gasteiger partial charge in [-0.25, -0.2) is 0 Å². The highest BCUT2D eigenvalue weighted by molar-refractivity contribution is 5.63. The molecule has 6 heteroatoms. The number of nitrogens with one attached hydrogen (secondary N) is 1. The summed E-state index contributed by atoms with van der Waals surface area (Å²) in [4.78, 5) is 12.4. The van der Waals surface area contributed by atoms with Gasteiger partial charge in [-0.2, -0.15) is 4.39 Å². The summed E-state index contributed by atoms with van der Waals surface area (Å²) in [5.41, 5.74) is -0.0284. The highest BCUT2D eigenvalue weighted by Crippen LogP contribution is 2.31. The van der Waals surface area contributed by atoms with Crippen LogP contribution in [-0.4, -0.2) is 31.1 Å². The Hall–Kier alpha value is -1.69. The van der Waals surface area contributed by atoms with Crippen molar-refractivity contribution >= 4 is 11.4 Å². The van der Waals surface area contributed by atoms with E-state index in [-0.39, 0.29) is 0 Å². The van der Waals surface area contributed by atoms with Gasteiger partial charge in [-0.3, -0.25) is 10.1 Å². The molecule has 0 amide bonds. The van der Waals surface area contributed by atoms with Crippen molar-refractivity contribution in [2.45, 2.75) is 19.8 Å². The Morgan fingerprint density at radius 3 is 2.75 bits per heavy atom. The molecule has 20 heavy (non-hydrogen) atoms. The zero-order chi connectivity index (χ0) is 14.5. The highest BCUT2D eigenvalue weighted by atomic mass is 19.1. The molecule has 0 unspecified atom stereocenters. The first-order valence-corrected chi connectivity index (χ1v) is 7.02. The van der Waals surface area contributed by atoms with Crippen LogP contribution in [-0.2, 0) is 0 Å². The highest BCUT2D eigenvalue weighted by Gasteiger charge is 2.25. The summed E-state index contributed by atoms with van der Waals surface area (Å²) in [6.45, 7) is 5.27. The lowest BCUT2D eigenvalue weighted by atomic mass is 9.97. The van der Waals surface area contributed by atoms with Gasteiger partial charge in [0, 0.05) is 13.1 Å². The second-order valence-electron chi connectivity index (χ2n) is 5.10. The molecule has 0 aromatic heterocycles. The molecule has 1 aromatic carbocycles. The molecule has 0 radical (unpaired) electrons. The van der Waals surface area contributed by atoms with Gasteiger partial charge in [-0.1, -0.05) is 6.07 Å². The third-order valence-electron chi connectivity index (χ3n) is 3.81. The maximum absolute atomic E-state index is 13.7. The van der Waals surface area contributed by atoms with Crippen LogP contribution in [0.25, 0.3) is 0 Å². The lowest BCUT2D eigenvalue weighted by molar-refractivity contribution is -0.386. The smallest absolute Gasteiger partial charge is 0.327 e. The predicted octanol–water partition coefficient (Wildman–Crippen LogP) is 2.56. The van der Waals surface area contributed by atoms with Crippen molar-refractivity contribution in [1.82, 2.24) is 5.32 Å². The van der Waals surface area contributed by atoms with Crippen LogP contribution in [0.5, 0.6) is 0 Å². The Morgan fingerprint density at radius 2 is 2.15 bits per heavy atom. The second kappa shape index (κ2) is 6.65. The van der Waals surface area contributed by atoms with Crippen LogP contribution in [0.2, 0.25) is 0 Å². The number of nitrogens with zero attached hydrogens (tertiary/aromatic N) is 2. The van der Waals surface area contributed by atoms with Gasteiger partial charge in [-0.05, 0) is 50.9 Å². The largest absolute Gasteiger partial charge is 0.366 e. The molecule has 1 saturated heterocycles. The Kier molecular flexibility index (Phi) is 4.89. The Labute approximate surface area is 117 Å². The van der Waals surface area contributed by atoms with Crippen LogP contribution in [0, 0.1) is 21.8 Å². The van der Waals surface area contributed by atoms with E-state index in [4.69, 9.17) is 0 Å². The predicted molar refractivity (Wildman–Crippen MR) is 76.5 cm³/mol. The van der Waals surface area contributed by atoms with E-state index in [2.05, 4.69) is 5.32 Å². The van der Waals surface area contributed by atoms with E-state index in [0.717, 1.165) is 38.5 Å². The molecule has 0 atom stereocenters. The van der Waals surface area contributed by atoms with Gasteiger partial charge in [0.05, 0.1) is 4.92 Å². The number of nitro benzene ring substituents is 1. The monoisotopic (exact) mass is 281 g/mol. The molecule has 1 fully saturated rings. The first kappa shape index (κ1) is 14.7. The van der Waals surface area contributed by atoms with Crippen LogP contribution >= 0.6 is 0 Å². The summed E-state index contributed by atoms with van der Waals surface area (Å²) in [7, 11) is 0. The van der Waals surface area contributed by atoms with Crippen LogP contribution in [0.4, 0.5) is 15.8 Å². The SMILES string of the molecule is CCN(CC1CCNCC1)c1cccc(F)c1[N+](=O)[O-]. The minimum Gasteiger partial charge on any atom is -0.366 e. The third kappa shape index (κ3) is 3.25. The Morgan fingerprint density at radius 1 is 1.45 bits per heavy atom. The fourth-order valence-electron chi connectivity index (χ4n) is 2.71. The van der Waals surface area contributed by atoms with Gasteiger partial charge in [-0.15, -0.1) is 0 Å². The van der Waals surface area contributed by atoms with E-state index in [1.165, 1.54) is 6.07 Å². The van der Waals surface area contributed by atoms with Gasteiger partial charge in [0.25, 0.3) is 0 Å². The molecular formula is C14H20FN3O2. The first-order chi connectivity index (χ1) is 9.63. The summed E-state index contributed by atoms with van der Waals surface area (Å²) in [6, 6.07) is 4.30. The van der Waals surface area contributed by atoms with Crippen molar-refractivity contribution in [3.8, 4) is 0 Å². The van der Waals surface area contributed by atoms with Crippen LogP contribution in [0.3, 0.4) is 0 Å². The topological polar surface area (TPSA) is 58.4 Å². The molecule has 5 nitrogen and oxygen atoms in total. The summed E-state index contributed by atoms with van der Waals surface area (Å²) in [5.74, 6) is -0.268. The molecule has 110 valence electrons. The van der Waals surface area contributed by atoms with Gasteiger partial charge in [0.1, 0.15) is 5.69 Å². The van der Waals surface area contributed by atoms with Crippen molar-refractivity contribution in [1.29, 1.82) is 0 Å². The molecule has 1 aromatic rings. The quantitative estimate of drug-likeness (QED) is 0.665. The van der Waals surface area contributed by atoms with Crippen molar-refractivity contribution in [3.63, 3.8) is 0 Å². The normalized spacial score (nSPS) is 16.1. The van der Waals surface area contributed by atoms with Crippen molar-refractivity contribution in [2.24, 2.45) is 5.92 Å². The zero-order valence-electron chi connectivity index (χ0n) is 11.6. The molecule has 0 bridgehead atoms. The second-order valence-corrected chi connectivity index (χ2v) is 5.10. The van der Waals surface area contributed by atoms with E-state index in [1.807, 2.05) is 11.8 Å². The number of piperidine rings is 1.